The summed E-state index contributed by atoms with van der Waals surface area (Å²) in [5.74, 6) is 0.900. The van der Waals surface area contributed by atoms with Gasteiger partial charge in [0.1, 0.15) is 0 Å². The van der Waals surface area contributed by atoms with Gasteiger partial charge in [-0.3, -0.25) is 4.57 Å². The molecule has 0 amide bonds. The van der Waals surface area contributed by atoms with Gasteiger partial charge in [0, 0.05) is 0 Å². The molecule has 0 aromatic heterocycles. The van der Waals surface area contributed by atoms with Crippen molar-refractivity contribution in [3.05, 3.63) is 0 Å². The molecule has 0 aliphatic rings. The number of hydrogen-bond donors (Lipinski definition) is 2. The molecular formula is C8H22NO2P. The third kappa shape index (κ3) is 16.6. The molecule has 12 heavy (non-hydrogen) atoms. The van der Waals surface area contributed by atoms with Crippen molar-refractivity contribution in [1.82, 2.24) is 0 Å². The van der Waals surface area contributed by atoms with Crippen molar-refractivity contribution >= 4 is 8.69 Å². The highest BCUT2D eigenvalue weighted by molar-refractivity contribution is 7.16. The Labute approximate surface area is 76.6 Å². The summed E-state index contributed by atoms with van der Waals surface area (Å²) in [5, 5.41) is 0. The van der Waals surface area contributed by atoms with Crippen molar-refractivity contribution in [2.45, 2.75) is 39.5 Å². The third-order valence-electron chi connectivity index (χ3n) is 1.85. The second-order valence-corrected chi connectivity index (χ2v) is 3.11. The number of nitrogens with two attached hydrogens (primary N) is 1. The van der Waals surface area contributed by atoms with Gasteiger partial charge in [-0.25, -0.2) is 0 Å². The van der Waals surface area contributed by atoms with E-state index in [1.54, 1.807) is 0 Å². The van der Waals surface area contributed by atoms with E-state index < -0.39 is 8.69 Å². The summed E-state index contributed by atoms with van der Waals surface area (Å²) >= 11 is 0. The van der Waals surface area contributed by atoms with E-state index >= 15 is 0 Å². The van der Waals surface area contributed by atoms with Gasteiger partial charge >= 0.3 is 0 Å². The lowest BCUT2D eigenvalue weighted by Crippen LogP contribution is -1.99. The molecular weight excluding hydrogens is 173 g/mol. The largest absolute Gasteiger partial charge is 0.348 e. The lowest BCUT2D eigenvalue weighted by molar-refractivity contribution is 0.487. The Morgan fingerprint density at radius 1 is 1.50 bits per heavy atom. The number of unbranched alkanes of at least 4 members (excludes halogenated alkanes) is 1. The highest BCUT2D eigenvalue weighted by Gasteiger charge is 1.95. The van der Waals surface area contributed by atoms with Crippen LogP contribution in [0, 0.1) is 5.92 Å². The molecule has 0 aromatic carbocycles. The number of rotatable bonds is 5. The van der Waals surface area contributed by atoms with E-state index in [1.807, 2.05) is 0 Å². The SMILES string of the molecule is CCC(C)CCCCN.O=[PH2]O. The van der Waals surface area contributed by atoms with Crippen LogP contribution in [0.2, 0.25) is 0 Å². The zero-order valence-corrected chi connectivity index (χ0v) is 9.28. The van der Waals surface area contributed by atoms with Crippen molar-refractivity contribution in [2.75, 3.05) is 6.54 Å². The van der Waals surface area contributed by atoms with Crippen LogP contribution >= 0.6 is 8.69 Å². The third-order valence-corrected chi connectivity index (χ3v) is 1.85. The maximum absolute atomic E-state index is 8.57. The Balaban J connectivity index is 0. The first-order valence-electron chi connectivity index (χ1n) is 4.50. The molecule has 0 radical (unpaired) electrons. The van der Waals surface area contributed by atoms with Gasteiger partial charge in [-0.05, 0) is 18.9 Å². The van der Waals surface area contributed by atoms with E-state index in [0.29, 0.717) is 0 Å². The van der Waals surface area contributed by atoms with Crippen LogP contribution in [0.4, 0.5) is 0 Å². The monoisotopic (exact) mass is 195 g/mol. The molecule has 0 bridgehead atoms. The fraction of sp³-hybridized carbons (Fsp3) is 1.00. The minimum Gasteiger partial charge on any atom is -0.348 e. The first-order valence-corrected chi connectivity index (χ1v) is 5.49. The van der Waals surface area contributed by atoms with Gasteiger partial charge in [0.05, 0.1) is 0 Å². The van der Waals surface area contributed by atoms with Crippen LogP contribution in [-0.2, 0) is 4.57 Å². The van der Waals surface area contributed by atoms with E-state index in [9.17, 15) is 0 Å². The molecule has 2 unspecified atom stereocenters. The average molecular weight is 195 g/mol. The number of hydrogen-bond acceptors (Lipinski definition) is 2. The van der Waals surface area contributed by atoms with E-state index in [4.69, 9.17) is 15.2 Å². The van der Waals surface area contributed by atoms with Gasteiger partial charge in [-0.1, -0.05) is 33.1 Å². The van der Waals surface area contributed by atoms with Gasteiger partial charge < -0.3 is 10.6 Å². The molecule has 0 fully saturated rings. The summed E-state index contributed by atoms with van der Waals surface area (Å²) < 4.78 is 8.57. The first kappa shape index (κ1) is 14.7. The second kappa shape index (κ2) is 13.7. The van der Waals surface area contributed by atoms with Crippen LogP contribution in [0.25, 0.3) is 0 Å². The molecule has 0 aliphatic heterocycles. The minimum atomic E-state index is -1.50. The predicted molar refractivity (Wildman–Crippen MR) is 55.0 cm³/mol. The zero-order chi connectivity index (χ0) is 9.82. The molecule has 0 rings (SSSR count). The lowest BCUT2D eigenvalue weighted by atomic mass is 10.0. The van der Waals surface area contributed by atoms with E-state index in [0.717, 1.165) is 12.5 Å². The minimum absolute atomic E-state index is 0.858. The van der Waals surface area contributed by atoms with Gasteiger partial charge in [0.2, 0.25) is 0 Å². The smallest absolute Gasteiger partial charge is 0.177 e. The summed E-state index contributed by atoms with van der Waals surface area (Å²) in [4.78, 5) is 7.10. The van der Waals surface area contributed by atoms with Crippen LogP contribution < -0.4 is 5.73 Å². The van der Waals surface area contributed by atoms with Crippen molar-refractivity contribution in [3.8, 4) is 0 Å². The van der Waals surface area contributed by atoms with Crippen LogP contribution in [0.5, 0.6) is 0 Å². The summed E-state index contributed by atoms with van der Waals surface area (Å²) in [6.45, 7) is 5.40. The van der Waals surface area contributed by atoms with Crippen LogP contribution in [-0.4, -0.2) is 11.4 Å². The van der Waals surface area contributed by atoms with Gasteiger partial charge in [0.25, 0.3) is 0 Å². The molecule has 0 aliphatic carbocycles. The Kier molecular flexibility index (Phi) is 16.8. The van der Waals surface area contributed by atoms with Gasteiger partial charge in [0.15, 0.2) is 8.69 Å². The van der Waals surface area contributed by atoms with Crippen LogP contribution in [0.15, 0.2) is 0 Å². The Morgan fingerprint density at radius 2 is 2.00 bits per heavy atom. The fourth-order valence-electron chi connectivity index (χ4n) is 0.841. The molecule has 76 valence electrons. The lowest BCUT2D eigenvalue weighted by Gasteiger charge is -2.05. The van der Waals surface area contributed by atoms with Gasteiger partial charge in [-0.2, -0.15) is 0 Å². The molecule has 0 heterocycles. The maximum atomic E-state index is 8.57. The predicted octanol–water partition coefficient (Wildman–Crippen LogP) is 1.81. The quantitative estimate of drug-likeness (QED) is 0.519. The molecule has 3 nitrogen and oxygen atoms in total. The summed E-state index contributed by atoms with van der Waals surface area (Å²) in [6, 6.07) is 0. The van der Waals surface area contributed by atoms with Gasteiger partial charge in [-0.15, -0.1) is 0 Å². The second-order valence-electron chi connectivity index (χ2n) is 2.90. The fourth-order valence-corrected chi connectivity index (χ4v) is 0.841. The van der Waals surface area contributed by atoms with E-state index in [1.165, 1.54) is 25.7 Å². The highest BCUT2D eigenvalue weighted by Crippen LogP contribution is 2.09. The summed E-state index contributed by atoms with van der Waals surface area (Å²) in [7, 11) is -1.50. The van der Waals surface area contributed by atoms with E-state index in [-0.39, 0.29) is 0 Å². The molecule has 2 atom stereocenters. The Morgan fingerprint density at radius 3 is 2.33 bits per heavy atom. The molecule has 0 saturated carbocycles. The topological polar surface area (TPSA) is 63.3 Å². The van der Waals surface area contributed by atoms with E-state index in [2.05, 4.69) is 13.8 Å². The summed E-state index contributed by atoms with van der Waals surface area (Å²) in [5.41, 5.74) is 5.36. The Bertz CT molecular complexity index is 91.1. The maximum Gasteiger partial charge on any atom is 0.177 e. The van der Waals surface area contributed by atoms with Crippen molar-refractivity contribution < 1.29 is 9.46 Å². The van der Waals surface area contributed by atoms with Crippen molar-refractivity contribution in [3.63, 3.8) is 0 Å². The standard InChI is InChI=1S/C8H19N.H3O2P/c1-3-8(2)6-4-5-7-9;1-3-2/h8H,3-7,9H2,1-2H3;3H2,(H,1,2). The Hall–Kier alpha value is 0.150. The van der Waals surface area contributed by atoms with Crippen molar-refractivity contribution in [2.24, 2.45) is 11.7 Å². The molecule has 0 saturated heterocycles. The molecule has 0 aromatic rings. The average Bonchev–Trinajstić information content (AvgIpc) is 2.06. The zero-order valence-electron chi connectivity index (χ0n) is 8.12. The highest BCUT2D eigenvalue weighted by atomic mass is 31.1. The van der Waals surface area contributed by atoms with Crippen LogP contribution in [0.1, 0.15) is 39.5 Å². The summed E-state index contributed by atoms with van der Waals surface area (Å²) in [6.07, 6.45) is 5.17. The molecule has 0 spiro atoms. The van der Waals surface area contributed by atoms with Crippen LogP contribution in [0.3, 0.4) is 0 Å². The molecule has 3 N–H and O–H groups in total. The first-order chi connectivity index (χ1) is 5.72. The normalized spacial score (nSPS) is 12.7. The van der Waals surface area contributed by atoms with Crippen molar-refractivity contribution in [1.29, 1.82) is 0 Å². The molecule has 4 heteroatoms.